The number of rotatable bonds is 6. The van der Waals surface area contributed by atoms with Crippen LogP contribution in [0.25, 0.3) is 0 Å². The molecule has 1 aromatic heterocycles. The van der Waals surface area contributed by atoms with Gasteiger partial charge in [-0.25, -0.2) is 9.37 Å². The number of carbonyl (C=O) groups is 1. The summed E-state index contributed by atoms with van der Waals surface area (Å²) >= 11 is 0. The van der Waals surface area contributed by atoms with E-state index in [9.17, 15) is 9.18 Å². The molecule has 6 nitrogen and oxygen atoms in total. The normalized spacial score (nSPS) is 10.8. The average Bonchev–Trinajstić information content (AvgIpc) is 2.94. The van der Waals surface area contributed by atoms with E-state index < -0.39 is 5.82 Å². The molecule has 1 amide bonds. The van der Waals surface area contributed by atoms with Gasteiger partial charge in [-0.3, -0.25) is 4.79 Å². The molecule has 3 N–H and O–H groups in total. The Morgan fingerprint density at radius 1 is 1.48 bits per heavy atom. The van der Waals surface area contributed by atoms with E-state index >= 15 is 0 Å². The summed E-state index contributed by atoms with van der Waals surface area (Å²) in [5, 5.41) is 11.6. The number of nitrogens with two attached hydrogens (primary N) is 1. The SMILES string of the molecule is Cl.Cl.Cn1cncc1C(CNC(=O)CCN)c1ccc(C#N)c(F)c1. The van der Waals surface area contributed by atoms with Gasteiger partial charge in [0.15, 0.2) is 0 Å². The van der Waals surface area contributed by atoms with Crippen molar-refractivity contribution in [1.29, 1.82) is 5.26 Å². The summed E-state index contributed by atoms with van der Waals surface area (Å²) in [6.45, 7) is 0.567. The number of halogens is 3. The van der Waals surface area contributed by atoms with Crippen molar-refractivity contribution >= 4 is 30.7 Å². The Hall–Kier alpha value is -2.14. The molecule has 9 heteroatoms. The molecule has 0 spiro atoms. The van der Waals surface area contributed by atoms with E-state index in [0.29, 0.717) is 12.1 Å². The number of benzene rings is 1. The number of nitrogens with one attached hydrogen (secondary N) is 1. The maximum Gasteiger partial charge on any atom is 0.221 e. The third kappa shape index (κ3) is 5.71. The topological polar surface area (TPSA) is 96.7 Å². The highest BCUT2D eigenvalue weighted by molar-refractivity contribution is 5.85. The first-order chi connectivity index (χ1) is 11.1. The molecule has 0 aliphatic heterocycles. The van der Waals surface area contributed by atoms with Gasteiger partial charge in [0.2, 0.25) is 5.91 Å². The summed E-state index contributed by atoms with van der Waals surface area (Å²) in [5.41, 5.74) is 6.85. The van der Waals surface area contributed by atoms with E-state index in [-0.39, 0.29) is 55.2 Å². The van der Waals surface area contributed by atoms with Crippen molar-refractivity contribution in [3.8, 4) is 6.07 Å². The second kappa shape index (κ2) is 10.7. The van der Waals surface area contributed by atoms with Gasteiger partial charge in [0, 0.05) is 44.4 Å². The lowest BCUT2D eigenvalue weighted by Crippen LogP contribution is -2.30. The second-order valence-corrected chi connectivity index (χ2v) is 5.18. The van der Waals surface area contributed by atoms with E-state index in [2.05, 4.69) is 10.3 Å². The molecule has 2 rings (SSSR count). The van der Waals surface area contributed by atoms with Crippen molar-refractivity contribution < 1.29 is 9.18 Å². The first-order valence-corrected chi connectivity index (χ1v) is 7.19. The molecule has 0 fully saturated rings. The molecular weight excluding hydrogens is 368 g/mol. The fourth-order valence-electron chi connectivity index (χ4n) is 2.37. The van der Waals surface area contributed by atoms with E-state index in [1.807, 2.05) is 11.6 Å². The Balaban J connectivity index is 0.00000288. The highest BCUT2D eigenvalue weighted by Crippen LogP contribution is 2.25. The number of nitriles is 1. The van der Waals surface area contributed by atoms with Gasteiger partial charge in [-0.2, -0.15) is 5.26 Å². The maximum absolute atomic E-state index is 13.9. The predicted molar refractivity (Wildman–Crippen MR) is 97.3 cm³/mol. The van der Waals surface area contributed by atoms with Gasteiger partial charge in [-0.1, -0.05) is 6.07 Å². The largest absolute Gasteiger partial charge is 0.355 e. The Bertz CT molecular complexity index is 744. The van der Waals surface area contributed by atoms with Crippen LogP contribution in [0.4, 0.5) is 4.39 Å². The molecule has 136 valence electrons. The van der Waals surface area contributed by atoms with Gasteiger partial charge in [0.05, 0.1) is 11.9 Å². The standard InChI is InChI=1S/C16H18FN5O.2ClH/c1-22-10-20-9-15(22)13(8-21-16(23)4-5-18)11-2-3-12(7-19)14(17)6-11;;/h2-3,6,9-10,13H,4-5,8,18H2,1H3,(H,21,23);2*1H. The average molecular weight is 388 g/mol. The molecule has 0 saturated heterocycles. The zero-order chi connectivity index (χ0) is 16.8. The second-order valence-electron chi connectivity index (χ2n) is 5.18. The van der Waals surface area contributed by atoms with Crippen molar-refractivity contribution in [2.45, 2.75) is 12.3 Å². The summed E-state index contributed by atoms with van der Waals surface area (Å²) < 4.78 is 15.7. The van der Waals surface area contributed by atoms with Crippen LogP contribution in [-0.2, 0) is 11.8 Å². The molecule has 1 unspecified atom stereocenters. The molecular formula is C16H20Cl2FN5O. The predicted octanol–water partition coefficient (Wildman–Crippen LogP) is 1.87. The van der Waals surface area contributed by atoms with Gasteiger partial charge in [0.1, 0.15) is 11.9 Å². The summed E-state index contributed by atoms with van der Waals surface area (Å²) in [6.07, 6.45) is 3.56. The summed E-state index contributed by atoms with van der Waals surface area (Å²) in [5.74, 6) is -1.01. The number of carbonyl (C=O) groups excluding carboxylic acids is 1. The highest BCUT2D eigenvalue weighted by Gasteiger charge is 2.19. The Morgan fingerprint density at radius 2 is 2.20 bits per heavy atom. The van der Waals surface area contributed by atoms with Gasteiger partial charge in [-0.05, 0) is 17.7 Å². The number of aromatic nitrogens is 2. The van der Waals surface area contributed by atoms with Crippen LogP contribution in [0, 0.1) is 17.1 Å². The Morgan fingerprint density at radius 3 is 2.72 bits per heavy atom. The van der Waals surface area contributed by atoms with E-state index in [1.54, 1.807) is 24.7 Å². The molecule has 0 radical (unpaired) electrons. The molecule has 0 bridgehead atoms. The van der Waals surface area contributed by atoms with Crippen LogP contribution in [0.15, 0.2) is 30.7 Å². The first-order valence-electron chi connectivity index (χ1n) is 7.19. The van der Waals surface area contributed by atoms with Crippen LogP contribution < -0.4 is 11.1 Å². The zero-order valence-electron chi connectivity index (χ0n) is 13.6. The molecule has 2 aromatic rings. The quantitative estimate of drug-likeness (QED) is 0.790. The van der Waals surface area contributed by atoms with Gasteiger partial charge in [-0.15, -0.1) is 24.8 Å². The summed E-state index contributed by atoms with van der Waals surface area (Å²) in [7, 11) is 1.83. The summed E-state index contributed by atoms with van der Waals surface area (Å²) in [6, 6.07) is 6.25. The lowest BCUT2D eigenvalue weighted by Gasteiger charge is -2.19. The molecule has 0 saturated carbocycles. The van der Waals surface area contributed by atoms with Crippen molar-refractivity contribution in [1.82, 2.24) is 14.9 Å². The number of imidazole rings is 1. The maximum atomic E-state index is 13.9. The third-order valence-corrected chi connectivity index (χ3v) is 3.60. The number of hydrogen-bond acceptors (Lipinski definition) is 4. The highest BCUT2D eigenvalue weighted by atomic mass is 35.5. The summed E-state index contributed by atoms with van der Waals surface area (Å²) in [4.78, 5) is 15.7. The minimum absolute atomic E-state index is 0. The van der Waals surface area contributed by atoms with Crippen LogP contribution in [0.3, 0.4) is 0 Å². The lowest BCUT2D eigenvalue weighted by atomic mass is 9.94. The number of aryl methyl sites for hydroxylation is 1. The lowest BCUT2D eigenvalue weighted by molar-refractivity contribution is -0.120. The fourth-order valence-corrected chi connectivity index (χ4v) is 2.37. The molecule has 1 heterocycles. The van der Waals surface area contributed by atoms with Crippen molar-refractivity contribution in [3.63, 3.8) is 0 Å². The molecule has 1 aromatic carbocycles. The third-order valence-electron chi connectivity index (χ3n) is 3.60. The molecule has 1 atom stereocenters. The van der Waals surface area contributed by atoms with Crippen molar-refractivity contribution in [2.75, 3.05) is 13.1 Å². The van der Waals surface area contributed by atoms with Crippen LogP contribution in [0.5, 0.6) is 0 Å². The van der Waals surface area contributed by atoms with Crippen LogP contribution in [-0.4, -0.2) is 28.5 Å². The fraction of sp³-hybridized carbons (Fsp3) is 0.312. The number of amides is 1. The van der Waals surface area contributed by atoms with E-state index in [1.165, 1.54) is 12.1 Å². The monoisotopic (exact) mass is 387 g/mol. The minimum Gasteiger partial charge on any atom is -0.355 e. The van der Waals surface area contributed by atoms with Crippen LogP contribution >= 0.6 is 24.8 Å². The Labute approximate surface area is 158 Å². The minimum atomic E-state index is -0.578. The van der Waals surface area contributed by atoms with Gasteiger partial charge >= 0.3 is 0 Å². The Kier molecular flexibility index (Phi) is 9.76. The van der Waals surface area contributed by atoms with Crippen LogP contribution in [0.1, 0.15) is 29.2 Å². The molecule has 0 aliphatic carbocycles. The number of nitrogens with zero attached hydrogens (tertiary/aromatic N) is 3. The van der Waals surface area contributed by atoms with Gasteiger partial charge < -0.3 is 15.6 Å². The smallest absolute Gasteiger partial charge is 0.221 e. The number of hydrogen-bond donors (Lipinski definition) is 2. The van der Waals surface area contributed by atoms with E-state index in [0.717, 1.165) is 5.69 Å². The van der Waals surface area contributed by atoms with Gasteiger partial charge in [0.25, 0.3) is 0 Å². The molecule has 25 heavy (non-hydrogen) atoms. The molecule has 0 aliphatic rings. The zero-order valence-corrected chi connectivity index (χ0v) is 15.2. The first kappa shape index (κ1) is 22.9. The van der Waals surface area contributed by atoms with Crippen molar-refractivity contribution in [2.24, 2.45) is 12.8 Å². The van der Waals surface area contributed by atoms with Crippen molar-refractivity contribution in [3.05, 3.63) is 53.4 Å². The van der Waals surface area contributed by atoms with E-state index in [4.69, 9.17) is 11.0 Å². The van der Waals surface area contributed by atoms with Crippen LogP contribution in [0.2, 0.25) is 0 Å².